The van der Waals surface area contributed by atoms with Crippen LogP contribution < -0.4 is 5.32 Å². The maximum atomic E-state index is 5.81. The zero-order chi connectivity index (χ0) is 13.1. The van der Waals surface area contributed by atoms with Crippen molar-refractivity contribution in [3.8, 4) is 0 Å². The predicted molar refractivity (Wildman–Crippen MR) is 77.6 cm³/mol. The minimum absolute atomic E-state index is 0.202. The van der Waals surface area contributed by atoms with Crippen molar-refractivity contribution in [2.75, 3.05) is 19.7 Å². The van der Waals surface area contributed by atoms with E-state index in [4.69, 9.17) is 4.74 Å². The lowest BCUT2D eigenvalue weighted by molar-refractivity contribution is 0.0505. The van der Waals surface area contributed by atoms with Gasteiger partial charge in [0.2, 0.25) is 0 Å². The summed E-state index contributed by atoms with van der Waals surface area (Å²) in [5.41, 5.74) is 2.54. The first kappa shape index (κ1) is 13.0. The average molecular weight is 322 g/mol. The number of ether oxygens (including phenoxy) is 1. The summed E-state index contributed by atoms with van der Waals surface area (Å²) in [6, 6.07) is 0. The molecule has 1 fully saturated rings. The molecule has 0 spiro atoms. The first-order valence-electron chi connectivity index (χ1n) is 6.51. The van der Waals surface area contributed by atoms with Gasteiger partial charge in [-0.1, -0.05) is 12.2 Å². The molecule has 0 saturated carbocycles. The number of morpholine rings is 1. The van der Waals surface area contributed by atoms with Crippen LogP contribution in [0.3, 0.4) is 0 Å². The molecule has 2 aliphatic rings. The number of hydrogen-bond acceptors (Lipinski definition) is 4. The monoisotopic (exact) mass is 321 g/mol. The van der Waals surface area contributed by atoms with Gasteiger partial charge in [-0.3, -0.25) is 0 Å². The van der Waals surface area contributed by atoms with E-state index in [2.05, 4.69) is 43.4 Å². The average Bonchev–Trinajstić information content (AvgIpc) is 2.49. The Bertz CT molecular complexity index is 504. The number of rotatable bonds is 2. The van der Waals surface area contributed by atoms with Crippen molar-refractivity contribution in [1.82, 2.24) is 15.3 Å². The molecule has 5 heteroatoms. The molecular formula is C14H16BrN3O. The Morgan fingerprint density at radius 2 is 2.11 bits per heavy atom. The minimum atomic E-state index is 0.202. The van der Waals surface area contributed by atoms with Crippen molar-refractivity contribution in [1.29, 1.82) is 0 Å². The summed E-state index contributed by atoms with van der Waals surface area (Å²) in [6.45, 7) is 2.64. The highest BCUT2D eigenvalue weighted by Gasteiger charge is 2.21. The molecule has 19 heavy (non-hydrogen) atoms. The van der Waals surface area contributed by atoms with Crippen molar-refractivity contribution in [3.05, 3.63) is 40.4 Å². The lowest BCUT2D eigenvalue weighted by atomic mass is 9.93. The third kappa shape index (κ3) is 3.11. The molecule has 1 aromatic heterocycles. The van der Waals surface area contributed by atoms with Crippen molar-refractivity contribution >= 4 is 21.5 Å². The Balaban J connectivity index is 1.72. The van der Waals surface area contributed by atoms with E-state index in [0.717, 1.165) is 42.8 Å². The molecule has 2 heterocycles. The zero-order valence-electron chi connectivity index (χ0n) is 10.6. The summed E-state index contributed by atoms with van der Waals surface area (Å²) >= 11 is 3.36. The Hall–Kier alpha value is -1.04. The quantitative estimate of drug-likeness (QED) is 0.849. The van der Waals surface area contributed by atoms with Gasteiger partial charge in [-0.05, 0) is 39.9 Å². The van der Waals surface area contributed by atoms with Crippen LogP contribution in [0.2, 0.25) is 0 Å². The molecule has 1 aliphatic carbocycles. The fourth-order valence-corrected chi connectivity index (χ4v) is 2.62. The second-order valence-electron chi connectivity index (χ2n) is 4.71. The zero-order valence-corrected chi connectivity index (χ0v) is 12.2. The summed E-state index contributed by atoms with van der Waals surface area (Å²) < 4.78 is 6.72. The summed E-state index contributed by atoms with van der Waals surface area (Å²) in [5, 5.41) is 3.37. The van der Waals surface area contributed by atoms with Crippen molar-refractivity contribution in [2.24, 2.45) is 0 Å². The van der Waals surface area contributed by atoms with E-state index in [0.29, 0.717) is 0 Å². The molecule has 3 rings (SSSR count). The first-order valence-corrected chi connectivity index (χ1v) is 7.30. The number of allylic oxidation sites excluding steroid dienone is 3. The van der Waals surface area contributed by atoms with Crippen LogP contribution in [0.5, 0.6) is 0 Å². The van der Waals surface area contributed by atoms with Gasteiger partial charge in [-0.25, -0.2) is 9.97 Å². The number of hydrogen-bond donors (Lipinski definition) is 1. The Kier molecular flexibility index (Phi) is 4.06. The van der Waals surface area contributed by atoms with Crippen molar-refractivity contribution in [2.45, 2.75) is 18.9 Å². The van der Waals surface area contributed by atoms with Gasteiger partial charge in [0.1, 0.15) is 0 Å². The van der Waals surface area contributed by atoms with E-state index in [1.165, 1.54) is 11.1 Å². The van der Waals surface area contributed by atoms with Gasteiger partial charge >= 0.3 is 0 Å². The fraction of sp³-hybridized carbons (Fsp3) is 0.429. The smallest absolute Gasteiger partial charge is 0.155 e. The third-order valence-electron chi connectivity index (χ3n) is 3.39. The summed E-state index contributed by atoms with van der Waals surface area (Å²) in [6.07, 6.45) is 10.1. The molecule has 1 aromatic rings. The molecule has 0 aromatic carbocycles. The van der Waals surface area contributed by atoms with E-state index >= 15 is 0 Å². The molecule has 1 aliphatic heterocycles. The van der Waals surface area contributed by atoms with Crippen LogP contribution in [0, 0.1) is 0 Å². The molecule has 0 bridgehead atoms. The van der Waals surface area contributed by atoms with Crippen LogP contribution in [0.15, 0.2) is 34.6 Å². The van der Waals surface area contributed by atoms with Crippen LogP contribution in [0.4, 0.5) is 0 Å². The van der Waals surface area contributed by atoms with Crippen LogP contribution in [0.1, 0.15) is 18.7 Å². The van der Waals surface area contributed by atoms with Gasteiger partial charge in [0.15, 0.2) is 5.82 Å². The van der Waals surface area contributed by atoms with E-state index in [1.807, 2.05) is 0 Å². The maximum Gasteiger partial charge on any atom is 0.155 e. The lowest BCUT2D eigenvalue weighted by Crippen LogP contribution is -2.39. The molecular weight excluding hydrogens is 306 g/mol. The Morgan fingerprint density at radius 3 is 2.84 bits per heavy atom. The molecule has 0 radical (unpaired) electrons. The van der Waals surface area contributed by atoms with Crippen molar-refractivity contribution < 1.29 is 4.74 Å². The van der Waals surface area contributed by atoms with Gasteiger partial charge in [-0.15, -0.1) is 0 Å². The highest BCUT2D eigenvalue weighted by molar-refractivity contribution is 9.10. The summed E-state index contributed by atoms with van der Waals surface area (Å²) in [7, 11) is 0. The van der Waals surface area contributed by atoms with Crippen molar-refractivity contribution in [3.63, 3.8) is 0 Å². The maximum absolute atomic E-state index is 5.81. The van der Waals surface area contributed by atoms with E-state index < -0.39 is 0 Å². The van der Waals surface area contributed by atoms with Gasteiger partial charge in [0, 0.05) is 25.5 Å². The summed E-state index contributed by atoms with van der Waals surface area (Å²) in [5.74, 6) is 0.817. The largest absolute Gasteiger partial charge is 0.371 e. The molecule has 1 saturated heterocycles. The number of nitrogens with one attached hydrogen (secondary N) is 1. The van der Waals surface area contributed by atoms with Gasteiger partial charge in [0.25, 0.3) is 0 Å². The molecule has 1 atom stereocenters. The highest BCUT2D eigenvalue weighted by Crippen LogP contribution is 2.28. The normalized spacial score (nSPS) is 23.7. The number of nitrogens with zero attached hydrogens (tertiary/aromatic N) is 2. The number of halogens is 1. The van der Waals surface area contributed by atoms with E-state index in [-0.39, 0.29) is 6.10 Å². The van der Waals surface area contributed by atoms with E-state index in [9.17, 15) is 0 Å². The lowest BCUT2D eigenvalue weighted by Gasteiger charge is -2.28. The number of aromatic nitrogens is 2. The molecule has 1 N–H and O–H groups in total. The minimum Gasteiger partial charge on any atom is -0.371 e. The van der Waals surface area contributed by atoms with Crippen LogP contribution >= 0.6 is 15.9 Å². The SMILES string of the molecule is Brc1cnc(C2=CCC=C(C3CNCCO3)C2)nc1. The third-order valence-corrected chi connectivity index (χ3v) is 3.80. The van der Waals surface area contributed by atoms with Crippen LogP contribution in [-0.2, 0) is 4.74 Å². The van der Waals surface area contributed by atoms with Gasteiger partial charge < -0.3 is 10.1 Å². The Morgan fingerprint density at radius 1 is 1.26 bits per heavy atom. The predicted octanol–water partition coefficient (Wildman–Crippen LogP) is 2.33. The summed E-state index contributed by atoms with van der Waals surface area (Å²) in [4.78, 5) is 8.74. The standard InChI is InChI=1S/C14H16BrN3O/c15-12-7-17-14(18-8-12)11-3-1-2-10(6-11)13-9-16-4-5-19-13/h2-3,7-8,13,16H,1,4-6,9H2. The van der Waals surface area contributed by atoms with Crippen LogP contribution in [0.25, 0.3) is 5.57 Å². The molecule has 1 unspecified atom stereocenters. The topological polar surface area (TPSA) is 47.0 Å². The fourth-order valence-electron chi connectivity index (χ4n) is 2.41. The first-order chi connectivity index (χ1) is 9.33. The van der Waals surface area contributed by atoms with Crippen LogP contribution in [-0.4, -0.2) is 35.8 Å². The molecule has 0 amide bonds. The van der Waals surface area contributed by atoms with Gasteiger partial charge in [-0.2, -0.15) is 0 Å². The molecule has 100 valence electrons. The Labute approximate surface area is 121 Å². The highest BCUT2D eigenvalue weighted by atomic mass is 79.9. The molecule has 4 nitrogen and oxygen atoms in total. The van der Waals surface area contributed by atoms with E-state index in [1.54, 1.807) is 12.4 Å². The second-order valence-corrected chi connectivity index (χ2v) is 5.63. The second kappa shape index (κ2) is 5.94. The van der Waals surface area contributed by atoms with Gasteiger partial charge in [0.05, 0.1) is 17.2 Å².